The third kappa shape index (κ3) is 10.8. The van der Waals surface area contributed by atoms with Crippen LogP contribution >= 0.6 is 0 Å². The number of rotatable bonds is 13. The zero-order chi connectivity index (χ0) is 30.9. The molecule has 2 aromatic carbocycles. The lowest BCUT2D eigenvalue weighted by molar-refractivity contribution is -0.123. The molecule has 1 heterocycles. The molecule has 1 aromatic heterocycles. The molecule has 2 amide bonds. The fourth-order valence-corrected chi connectivity index (χ4v) is 6.20. The van der Waals surface area contributed by atoms with E-state index in [1.54, 1.807) is 36.4 Å². The number of hydrogen-bond acceptors (Lipinski definition) is 7. The lowest BCUT2D eigenvalue weighted by Gasteiger charge is -2.28. The van der Waals surface area contributed by atoms with Gasteiger partial charge in [0, 0.05) is 23.7 Å². The van der Waals surface area contributed by atoms with Crippen LogP contribution in [0, 0.1) is 0 Å². The zero-order valence-electron chi connectivity index (χ0n) is 24.1. The van der Waals surface area contributed by atoms with Gasteiger partial charge in [-0.2, -0.15) is 0 Å². The molecule has 0 spiro atoms. The Morgan fingerprint density at radius 1 is 0.952 bits per heavy atom. The average molecular weight is 615 g/mol. The predicted molar refractivity (Wildman–Crippen MR) is 163 cm³/mol. The summed E-state index contributed by atoms with van der Waals surface area (Å²) in [6.07, 6.45) is 1.47. The normalized spacial score (nSPS) is 14.8. The van der Waals surface area contributed by atoms with Gasteiger partial charge in [-0.25, -0.2) is 18.1 Å². The van der Waals surface area contributed by atoms with Crippen molar-refractivity contribution in [2.24, 2.45) is 0 Å². The molecule has 3 rings (SSSR count). The highest BCUT2D eigenvalue weighted by Crippen LogP contribution is 2.17. The Hall–Kier alpha value is -3.45. The number of benzene rings is 2. The summed E-state index contributed by atoms with van der Waals surface area (Å²) in [5.74, 6) is -1.40. The number of aromatic nitrogens is 1. The molecule has 3 aromatic rings. The highest BCUT2D eigenvalue weighted by Gasteiger charge is 2.30. The van der Waals surface area contributed by atoms with Gasteiger partial charge < -0.3 is 15.7 Å². The Kier molecular flexibility index (Phi) is 11.5. The lowest BCUT2D eigenvalue weighted by Crippen LogP contribution is -2.55. The minimum Gasteiger partial charge on any atom is -0.391 e. The molecule has 0 radical (unpaired) electrons. The molecule has 0 saturated heterocycles. The quantitative estimate of drug-likeness (QED) is 0.230. The first-order valence-electron chi connectivity index (χ1n) is 13.4. The topological polar surface area (TPSA) is 155 Å². The molecular formula is C30H38N4O6S2. The minimum absolute atomic E-state index is 0.0373. The van der Waals surface area contributed by atoms with Gasteiger partial charge in [-0.05, 0) is 56.5 Å². The molecule has 10 nitrogen and oxygen atoms in total. The van der Waals surface area contributed by atoms with E-state index in [1.807, 2.05) is 51.1 Å². The van der Waals surface area contributed by atoms with Crippen LogP contribution in [0.15, 0.2) is 84.0 Å². The molecule has 1 unspecified atom stereocenters. The van der Waals surface area contributed by atoms with Crippen LogP contribution < -0.4 is 15.4 Å². The average Bonchev–Trinajstić information content (AvgIpc) is 2.92. The Morgan fingerprint density at radius 3 is 2.21 bits per heavy atom. The molecular weight excluding hydrogens is 576 g/mol. The van der Waals surface area contributed by atoms with Crippen molar-refractivity contribution in [1.29, 1.82) is 0 Å². The standard InChI is InChI=1S/C30H38N4O6S2/c1-30(2,3)33-28(36)23-15-9-8-14-22(23)19-26(35)24(18-21-12-6-5-7-13-21)32-29(37)25(34-42(4,39)40)20-41(38)27-16-10-11-17-31-27/h5-17,24-26,34-35H,18-20H2,1-4H3,(H,32,37)(H,33,36)/t24-,25-,26+,41?/m0/s1. The van der Waals surface area contributed by atoms with Crippen molar-refractivity contribution in [1.82, 2.24) is 20.3 Å². The first-order valence-corrected chi connectivity index (χ1v) is 16.6. The molecule has 4 N–H and O–H groups in total. The van der Waals surface area contributed by atoms with E-state index in [1.165, 1.54) is 12.3 Å². The largest absolute Gasteiger partial charge is 0.391 e. The second-order valence-corrected chi connectivity index (χ2v) is 14.3. The molecule has 0 aliphatic heterocycles. The number of aliphatic hydroxyl groups excluding tert-OH is 1. The van der Waals surface area contributed by atoms with E-state index in [0.717, 1.165) is 11.8 Å². The summed E-state index contributed by atoms with van der Waals surface area (Å²) >= 11 is 0. The van der Waals surface area contributed by atoms with Gasteiger partial charge in [-0.1, -0.05) is 54.6 Å². The smallest absolute Gasteiger partial charge is 0.251 e. The lowest BCUT2D eigenvalue weighted by atomic mass is 9.93. The molecule has 226 valence electrons. The summed E-state index contributed by atoms with van der Waals surface area (Å²) in [5.41, 5.74) is 1.34. The van der Waals surface area contributed by atoms with E-state index in [9.17, 15) is 27.3 Å². The van der Waals surface area contributed by atoms with E-state index < -0.39 is 50.5 Å². The van der Waals surface area contributed by atoms with Crippen molar-refractivity contribution < 1.29 is 27.3 Å². The highest BCUT2D eigenvalue weighted by molar-refractivity contribution is 7.89. The molecule has 0 aliphatic carbocycles. The molecule has 0 bridgehead atoms. The van der Waals surface area contributed by atoms with E-state index in [0.29, 0.717) is 11.1 Å². The number of sulfonamides is 1. The number of carbonyl (C=O) groups is 2. The van der Waals surface area contributed by atoms with E-state index in [4.69, 9.17) is 0 Å². The monoisotopic (exact) mass is 614 g/mol. The first-order chi connectivity index (χ1) is 19.7. The van der Waals surface area contributed by atoms with Gasteiger partial charge in [0.25, 0.3) is 5.91 Å². The predicted octanol–water partition coefficient (Wildman–Crippen LogP) is 1.97. The van der Waals surface area contributed by atoms with Crippen molar-refractivity contribution in [3.05, 3.63) is 95.7 Å². The maximum absolute atomic E-state index is 13.5. The maximum Gasteiger partial charge on any atom is 0.251 e. The number of aliphatic hydroxyl groups is 1. The van der Waals surface area contributed by atoms with Crippen molar-refractivity contribution in [3.63, 3.8) is 0 Å². The third-order valence-electron chi connectivity index (χ3n) is 6.13. The summed E-state index contributed by atoms with van der Waals surface area (Å²) in [4.78, 5) is 30.5. The number of hydrogen-bond donors (Lipinski definition) is 4. The number of pyridine rings is 1. The highest BCUT2D eigenvalue weighted by atomic mass is 32.2. The van der Waals surface area contributed by atoms with Crippen LogP contribution in [0.1, 0.15) is 42.3 Å². The Morgan fingerprint density at radius 2 is 1.60 bits per heavy atom. The van der Waals surface area contributed by atoms with Gasteiger partial charge in [0.2, 0.25) is 15.9 Å². The number of nitrogens with zero attached hydrogens (tertiary/aromatic N) is 1. The summed E-state index contributed by atoms with van der Waals surface area (Å²) in [5, 5.41) is 17.3. The Balaban J connectivity index is 1.87. The van der Waals surface area contributed by atoms with Crippen molar-refractivity contribution in [2.45, 2.75) is 62.4 Å². The fraction of sp³-hybridized carbons (Fsp3) is 0.367. The summed E-state index contributed by atoms with van der Waals surface area (Å²) in [7, 11) is -5.65. The van der Waals surface area contributed by atoms with E-state index in [2.05, 4.69) is 20.3 Å². The third-order valence-corrected chi connectivity index (χ3v) is 8.19. The van der Waals surface area contributed by atoms with Crippen molar-refractivity contribution >= 4 is 32.6 Å². The van der Waals surface area contributed by atoms with Crippen LogP contribution in [-0.4, -0.2) is 70.3 Å². The number of amides is 2. The zero-order valence-corrected chi connectivity index (χ0v) is 25.7. The minimum atomic E-state index is -3.86. The van der Waals surface area contributed by atoms with E-state index >= 15 is 0 Å². The van der Waals surface area contributed by atoms with Gasteiger partial charge in [-0.3, -0.25) is 13.8 Å². The number of carbonyl (C=O) groups excluding carboxylic acids is 2. The molecule has 12 heteroatoms. The van der Waals surface area contributed by atoms with Crippen LogP contribution in [0.5, 0.6) is 0 Å². The van der Waals surface area contributed by atoms with Gasteiger partial charge in [0.15, 0.2) is 0 Å². The van der Waals surface area contributed by atoms with Gasteiger partial charge in [0.1, 0.15) is 11.1 Å². The van der Waals surface area contributed by atoms with Crippen LogP contribution in [-0.2, 0) is 38.5 Å². The van der Waals surface area contributed by atoms with E-state index in [-0.39, 0.29) is 29.5 Å². The summed E-state index contributed by atoms with van der Waals surface area (Å²) in [6, 6.07) is 18.7. The van der Waals surface area contributed by atoms with Crippen LogP contribution in [0.25, 0.3) is 0 Å². The first kappa shape index (κ1) is 33.1. The second-order valence-electron chi connectivity index (χ2n) is 11.1. The fourth-order valence-electron chi connectivity index (χ4n) is 4.27. The van der Waals surface area contributed by atoms with Crippen LogP contribution in [0.3, 0.4) is 0 Å². The van der Waals surface area contributed by atoms with Crippen molar-refractivity contribution in [3.8, 4) is 0 Å². The summed E-state index contributed by atoms with van der Waals surface area (Å²) in [6.45, 7) is 5.61. The molecule has 0 saturated carbocycles. The van der Waals surface area contributed by atoms with Gasteiger partial charge >= 0.3 is 0 Å². The second kappa shape index (κ2) is 14.6. The van der Waals surface area contributed by atoms with Crippen LogP contribution in [0.2, 0.25) is 0 Å². The SMILES string of the molecule is CC(C)(C)NC(=O)c1ccccc1C[C@@H](O)[C@H](Cc1ccccc1)NC(=O)[C@H](CS(=O)c1ccccn1)NS(C)(=O)=O. The molecule has 4 atom stereocenters. The maximum atomic E-state index is 13.5. The number of nitrogens with one attached hydrogen (secondary N) is 3. The van der Waals surface area contributed by atoms with Crippen LogP contribution in [0.4, 0.5) is 0 Å². The van der Waals surface area contributed by atoms with Gasteiger partial charge in [-0.15, -0.1) is 0 Å². The molecule has 0 aliphatic rings. The van der Waals surface area contributed by atoms with Crippen molar-refractivity contribution in [2.75, 3.05) is 12.0 Å². The molecule has 0 fully saturated rings. The Bertz CT molecular complexity index is 1480. The molecule has 42 heavy (non-hydrogen) atoms. The Labute approximate surface area is 249 Å². The van der Waals surface area contributed by atoms with Gasteiger partial charge in [0.05, 0.1) is 35.0 Å². The summed E-state index contributed by atoms with van der Waals surface area (Å²) < 4.78 is 39.5.